The standard InChI is InChI=1S/C11H24N2O2/c1-3-10(6-7-12)4-5-11(15)13-8-9(2)14/h9-10,14H,3-8,12H2,1-2H3,(H,13,15)/t9-,10?/m0/s1. The molecule has 0 spiro atoms. The molecule has 0 saturated heterocycles. The number of carbonyl (C=O) groups excluding carboxylic acids is 1. The van der Waals surface area contributed by atoms with E-state index in [0.29, 0.717) is 25.4 Å². The number of hydrogen-bond acceptors (Lipinski definition) is 3. The predicted molar refractivity (Wildman–Crippen MR) is 61.4 cm³/mol. The maximum Gasteiger partial charge on any atom is 0.220 e. The van der Waals surface area contributed by atoms with Crippen molar-refractivity contribution >= 4 is 5.91 Å². The van der Waals surface area contributed by atoms with Gasteiger partial charge in [-0.2, -0.15) is 0 Å². The summed E-state index contributed by atoms with van der Waals surface area (Å²) in [5, 5.41) is 11.7. The summed E-state index contributed by atoms with van der Waals surface area (Å²) >= 11 is 0. The van der Waals surface area contributed by atoms with Gasteiger partial charge in [0.1, 0.15) is 0 Å². The van der Waals surface area contributed by atoms with Gasteiger partial charge in [-0.25, -0.2) is 0 Å². The molecule has 0 bridgehead atoms. The van der Waals surface area contributed by atoms with E-state index in [-0.39, 0.29) is 5.91 Å². The quantitative estimate of drug-likeness (QED) is 0.557. The molecule has 4 heteroatoms. The number of nitrogens with two attached hydrogens (primary N) is 1. The van der Waals surface area contributed by atoms with Gasteiger partial charge in [0.2, 0.25) is 5.91 Å². The summed E-state index contributed by atoms with van der Waals surface area (Å²) in [6.07, 6.45) is 3.01. The molecule has 0 aliphatic rings. The van der Waals surface area contributed by atoms with Crippen LogP contribution in [0, 0.1) is 5.92 Å². The molecule has 0 radical (unpaired) electrons. The molecule has 0 aromatic rings. The molecule has 0 fully saturated rings. The highest BCUT2D eigenvalue weighted by molar-refractivity contribution is 5.75. The van der Waals surface area contributed by atoms with Gasteiger partial charge in [-0.3, -0.25) is 4.79 Å². The number of aliphatic hydroxyl groups is 1. The number of aliphatic hydroxyl groups excluding tert-OH is 1. The van der Waals surface area contributed by atoms with Gasteiger partial charge in [0.05, 0.1) is 6.10 Å². The minimum Gasteiger partial charge on any atom is -0.392 e. The van der Waals surface area contributed by atoms with Crippen molar-refractivity contribution in [3.05, 3.63) is 0 Å². The molecule has 4 N–H and O–H groups in total. The molecule has 0 aromatic carbocycles. The Bertz CT molecular complexity index is 172. The Hall–Kier alpha value is -0.610. The van der Waals surface area contributed by atoms with E-state index >= 15 is 0 Å². The zero-order valence-corrected chi connectivity index (χ0v) is 9.83. The number of nitrogens with one attached hydrogen (secondary N) is 1. The SMILES string of the molecule is CCC(CCN)CCC(=O)NC[C@H](C)O. The van der Waals surface area contributed by atoms with Gasteiger partial charge in [0.25, 0.3) is 0 Å². The maximum atomic E-state index is 11.3. The van der Waals surface area contributed by atoms with Crippen molar-refractivity contribution in [2.24, 2.45) is 11.7 Å². The van der Waals surface area contributed by atoms with E-state index in [0.717, 1.165) is 19.3 Å². The van der Waals surface area contributed by atoms with E-state index < -0.39 is 6.10 Å². The summed E-state index contributed by atoms with van der Waals surface area (Å²) in [6, 6.07) is 0. The Morgan fingerprint density at radius 3 is 2.60 bits per heavy atom. The van der Waals surface area contributed by atoms with Crippen molar-refractivity contribution in [1.29, 1.82) is 0 Å². The molecule has 1 unspecified atom stereocenters. The van der Waals surface area contributed by atoms with Gasteiger partial charge in [0, 0.05) is 13.0 Å². The number of rotatable bonds is 8. The van der Waals surface area contributed by atoms with Crippen LogP contribution in [0.3, 0.4) is 0 Å². The van der Waals surface area contributed by atoms with E-state index in [1.807, 2.05) is 0 Å². The largest absolute Gasteiger partial charge is 0.392 e. The summed E-state index contributed by atoms with van der Waals surface area (Å²) in [7, 11) is 0. The predicted octanol–water partition coefficient (Wildman–Crippen LogP) is 0.639. The monoisotopic (exact) mass is 216 g/mol. The van der Waals surface area contributed by atoms with Crippen LogP contribution in [0.2, 0.25) is 0 Å². The van der Waals surface area contributed by atoms with Gasteiger partial charge in [-0.1, -0.05) is 13.3 Å². The zero-order chi connectivity index (χ0) is 11.7. The minimum atomic E-state index is -0.472. The number of amides is 1. The Morgan fingerprint density at radius 2 is 2.13 bits per heavy atom. The molecule has 0 heterocycles. The third-order valence-electron chi connectivity index (χ3n) is 2.53. The summed E-state index contributed by atoms with van der Waals surface area (Å²) in [5.74, 6) is 0.568. The smallest absolute Gasteiger partial charge is 0.220 e. The first kappa shape index (κ1) is 14.4. The van der Waals surface area contributed by atoms with Crippen LogP contribution in [0.25, 0.3) is 0 Å². The second kappa shape index (κ2) is 8.68. The van der Waals surface area contributed by atoms with Crippen molar-refractivity contribution in [3.63, 3.8) is 0 Å². The molecule has 15 heavy (non-hydrogen) atoms. The average molecular weight is 216 g/mol. The molecule has 0 rings (SSSR count). The lowest BCUT2D eigenvalue weighted by atomic mass is 9.96. The summed E-state index contributed by atoms with van der Waals surface area (Å²) < 4.78 is 0. The van der Waals surface area contributed by atoms with Gasteiger partial charge in [-0.15, -0.1) is 0 Å². The Balaban J connectivity index is 3.59. The Labute approximate surface area is 92.2 Å². The topological polar surface area (TPSA) is 75.4 Å². The molecule has 0 aromatic heterocycles. The van der Waals surface area contributed by atoms with Crippen LogP contribution in [0.15, 0.2) is 0 Å². The molecule has 0 aliphatic heterocycles. The molecular weight excluding hydrogens is 192 g/mol. The Kier molecular flexibility index (Phi) is 8.33. The third kappa shape index (κ3) is 8.39. The first-order valence-electron chi connectivity index (χ1n) is 5.75. The maximum absolute atomic E-state index is 11.3. The summed E-state index contributed by atoms with van der Waals surface area (Å²) in [4.78, 5) is 11.3. The minimum absolute atomic E-state index is 0.0198. The van der Waals surface area contributed by atoms with Crippen molar-refractivity contribution in [3.8, 4) is 0 Å². The van der Waals surface area contributed by atoms with E-state index in [2.05, 4.69) is 12.2 Å². The molecule has 4 nitrogen and oxygen atoms in total. The fraction of sp³-hybridized carbons (Fsp3) is 0.909. The second-order valence-corrected chi connectivity index (χ2v) is 4.04. The fourth-order valence-corrected chi connectivity index (χ4v) is 1.47. The van der Waals surface area contributed by atoms with Crippen LogP contribution < -0.4 is 11.1 Å². The molecule has 0 aliphatic carbocycles. The van der Waals surface area contributed by atoms with Crippen molar-refractivity contribution in [2.45, 2.75) is 45.6 Å². The van der Waals surface area contributed by atoms with Gasteiger partial charge in [-0.05, 0) is 32.2 Å². The molecule has 1 amide bonds. The normalized spacial score (nSPS) is 14.7. The lowest BCUT2D eigenvalue weighted by molar-refractivity contribution is -0.121. The van der Waals surface area contributed by atoms with Crippen LogP contribution in [-0.4, -0.2) is 30.2 Å². The zero-order valence-electron chi connectivity index (χ0n) is 9.83. The Morgan fingerprint density at radius 1 is 1.47 bits per heavy atom. The first-order valence-corrected chi connectivity index (χ1v) is 5.75. The van der Waals surface area contributed by atoms with E-state index in [4.69, 9.17) is 10.8 Å². The van der Waals surface area contributed by atoms with E-state index in [9.17, 15) is 4.79 Å². The summed E-state index contributed by atoms with van der Waals surface area (Å²) in [5.41, 5.74) is 5.48. The molecule has 2 atom stereocenters. The fourth-order valence-electron chi connectivity index (χ4n) is 1.47. The van der Waals surface area contributed by atoms with Crippen LogP contribution in [0.5, 0.6) is 0 Å². The molecule has 0 saturated carbocycles. The van der Waals surface area contributed by atoms with Crippen LogP contribution >= 0.6 is 0 Å². The van der Waals surface area contributed by atoms with Crippen molar-refractivity contribution in [2.75, 3.05) is 13.1 Å². The summed E-state index contributed by atoms with van der Waals surface area (Å²) in [6.45, 7) is 4.80. The van der Waals surface area contributed by atoms with Crippen molar-refractivity contribution in [1.82, 2.24) is 5.32 Å². The highest BCUT2D eigenvalue weighted by Crippen LogP contribution is 2.14. The lowest BCUT2D eigenvalue weighted by Gasteiger charge is -2.13. The van der Waals surface area contributed by atoms with Crippen LogP contribution in [0.1, 0.15) is 39.5 Å². The van der Waals surface area contributed by atoms with Gasteiger partial charge < -0.3 is 16.2 Å². The van der Waals surface area contributed by atoms with E-state index in [1.54, 1.807) is 6.92 Å². The number of hydrogen-bond donors (Lipinski definition) is 3. The highest BCUT2D eigenvalue weighted by Gasteiger charge is 2.09. The average Bonchev–Trinajstić information content (AvgIpc) is 2.21. The van der Waals surface area contributed by atoms with Gasteiger partial charge in [0.15, 0.2) is 0 Å². The highest BCUT2D eigenvalue weighted by atomic mass is 16.3. The molecular formula is C11H24N2O2. The van der Waals surface area contributed by atoms with Crippen LogP contribution in [-0.2, 0) is 4.79 Å². The van der Waals surface area contributed by atoms with E-state index in [1.165, 1.54) is 0 Å². The van der Waals surface area contributed by atoms with Crippen molar-refractivity contribution < 1.29 is 9.90 Å². The van der Waals surface area contributed by atoms with Gasteiger partial charge >= 0.3 is 0 Å². The lowest BCUT2D eigenvalue weighted by Crippen LogP contribution is -2.30. The molecule has 90 valence electrons. The first-order chi connectivity index (χ1) is 7.10. The second-order valence-electron chi connectivity index (χ2n) is 4.04. The third-order valence-corrected chi connectivity index (χ3v) is 2.53. The number of carbonyl (C=O) groups is 1. The van der Waals surface area contributed by atoms with Crippen LogP contribution in [0.4, 0.5) is 0 Å².